The lowest BCUT2D eigenvalue weighted by molar-refractivity contribution is 0.514. The molecule has 1 rings (SSSR count). The quantitative estimate of drug-likeness (QED) is 0.345. The van der Waals surface area contributed by atoms with Gasteiger partial charge in [-0.2, -0.15) is 0 Å². The maximum absolute atomic E-state index is 3.82. The normalized spacial score (nSPS) is 12.3. The van der Waals surface area contributed by atoms with Gasteiger partial charge < -0.3 is 0 Å². The third kappa shape index (κ3) is 6.05. The minimum atomic E-state index is 0.753. The Kier molecular flexibility index (Phi) is 8.29. The van der Waals surface area contributed by atoms with E-state index in [0.717, 1.165) is 12.3 Å². The lowest BCUT2D eigenvalue weighted by Gasteiger charge is -2.17. The standard InChI is InChI=1S/C18H28/c1-3-5-7-10-14-17(13-9-6-4-2)18-15-11-8-12-16-18/h4,8,11-12,15-17H,2-3,5-7,9-10,13-14H2,1H3. The second kappa shape index (κ2) is 9.94. The molecule has 0 heteroatoms. The predicted molar refractivity (Wildman–Crippen MR) is 82.0 cm³/mol. The van der Waals surface area contributed by atoms with Crippen LogP contribution >= 0.6 is 0 Å². The maximum Gasteiger partial charge on any atom is -0.0162 e. The minimum Gasteiger partial charge on any atom is -0.103 e. The smallest absolute Gasteiger partial charge is 0.0162 e. The van der Waals surface area contributed by atoms with Crippen LogP contribution in [-0.4, -0.2) is 0 Å². The molecule has 0 bridgehead atoms. The molecule has 1 unspecified atom stereocenters. The minimum absolute atomic E-state index is 0.753. The summed E-state index contributed by atoms with van der Waals surface area (Å²) >= 11 is 0. The van der Waals surface area contributed by atoms with E-state index in [1.54, 1.807) is 0 Å². The van der Waals surface area contributed by atoms with Gasteiger partial charge in [-0.15, -0.1) is 6.58 Å². The number of allylic oxidation sites excluding steroid dienone is 1. The third-order valence-electron chi connectivity index (χ3n) is 3.64. The summed E-state index contributed by atoms with van der Waals surface area (Å²) in [6, 6.07) is 11.0. The fourth-order valence-electron chi connectivity index (χ4n) is 2.53. The molecule has 1 atom stereocenters. The van der Waals surface area contributed by atoms with Gasteiger partial charge in [-0.3, -0.25) is 0 Å². The van der Waals surface area contributed by atoms with E-state index in [9.17, 15) is 0 Å². The van der Waals surface area contributed by atoms with Crippen molar-refractivity contribution in [3.05, 3.63) is 48.6 Å². The van der Waals surface area contributed by atoms with Crippen molar-refractivity contribution >= 4 is 0 Å². The Morgan fingerprint density at radius 2 is 1.72 bits per heavy atom. The average Bonchev–Trinajstić information content (AvgIpc) is 2.42. The van der Waals surface area contributed by atoms with Crippen molar-refractivity contribution in [2.45, 2.75) is 64.2 Å². The molecular weight excluding hydrogens is 216 g/mol. The topological polar surface area (TPSA) is 0 Å². The highest BCUT2D eigenvalue weighted by atomic mass is 14.1. The number of hydrogen-bond acceptors (Lipinski definition) is 0. The Bertz CT molecular complexity index is 299. The fourth-order valence-corrected chi connectivity index (χ4v) is 2.53. The molecule has 0 saturated heterocycles. The van der Waals surface area contributed by atoms with Crippen LogP contribution < -0.4 is 0 Å². The Labute approximate surface area is 113 Å². The van der Waals surface area contributed by atoms with E-state index in [-0.39, 0.29) is 0 Å². The van der Waals surface area contributed by atoms with Gasteiger partial charge in [0.2, 0.25) is 0 Å². The van der Waals surface area contributed by atoms with Crippen LogP contribution in [0.15, 0.2) is 43.0 Å². The first-order chi connectivity index (χ1) is 8.88. The average molecular weight is 244 g/mol. The predicted octanol–water partition coefficient (Wildman–Crippen LogP) is 6.10. The van der Waals surface area contributed by atoms with Crippen molar-refractivity contribution in [3.63, 3.8) is 0 Å². The second-order valence-corrected chi connectivity index (χ2v) is 5.18. The summed E-state index contributed by atoms with van der Waals surface area (Å²) in [5.41, 5.74) is 1.53. The summed E-state index contributed by atoms with van der Waals surface area (Å²) in [4.78, 5) is 0. The van der Waals surface area contributed by atoms with E-state index in [0.29, 0.717) is 0 Å². The highest BCUT2D eigenvalue weighted by Crippen LogP contribution is 2.27. The van der Waals surface area contributed by atoms with Crippen molar-refractivity contribution < 1.29 is 0 Å². The zero-order valence-corrected chi connectivity index (χ0v) is 11.9. The molecule has 0 N–H and O–H groups in total. The van der Waals surface area contributed by atoms with Crippen molar-refractivity contribution in [2.24, 2.45) is 0 Å². The van der Waals surface area contributed by atoms with Crippen LogP contribution in [0.4, 0.5) is 0 Å². The number of rotatable bonds is 10. The summed E-state index contributed by atoms with van der Waals surface area (Å²) < 4.78 is 0. The molecular formula is C18H28. The molecule has 0 aliphatic carbocycles. The molecule has 0 heterocycles. The molecule has 0 saturated carbocycles. The Balaban J connectivity index is 2.44. The number of unbranched alkanes of at least 4 members (excludes halogenated alkanes) is 4. The van der Waals surface area contributed by atoms with Crippen LogP contribution in [0.3, 0.4) is 0 Å². The van der Waals surface area contributed by atoms with Gasteiger partial charge in [-0.25, -0.2) is 0 Å². The van der Waals surface area contributed by atoms with Crippen molar-refractivity contribution in [1.29, 1.82) is 0 Å². The summed E-state index contributed by atoms with van der Waals surface area (Å²) in [6.45, 7) is 6.09. The monoisotopic (exact) mass is 244 g/mol. The van der Waals surface area contributed by atoms with Gasteiger partial charge in [-0.1, -0.05) is 69.0 Å². The van der Waals surface area contributed by atoms with E-state index in [2.05, 4.69) is 43.8 Å². The molecule has 0 aromatic heterocycles. The van der Waals surface area contributed by atoms with Gasteiger partial charge >= 0.3 is 0 Å². The van der Waals surface area contributed by atoms with Gasteiger partial charge in [-0.05, 0) is 37.2 Å². The van der Waals surface area contributed by atoms with E-state index in [1.165, 1.54) is 50.5 Å². The van der Waals surface area contributed by atoms with Crippen LogP contribution in [0.2, 0.25) is 0 Å². The lowest BCUT2D eigenvalue weighted by atomic mass is 9.88. The van der Waals surface area contributed by atoms with Gasteiger partial charge in [0, 0.05) is 0 Å². The van der Waals surface area contributed by atoms with E-state index >= 15 is 0 Å². The first kappa shape index (κ1) is 15.0. The molecule has 0 nitrogen and oxygen atoms in total. The van der Waals surface area contributed by atoms with E-state index in [4.69, 9.17) is 0 Å². The Hall–Kier alpha value is -1.04. The molecule has 0 spiro atoms. The first-order valence-corrected chi connectivity index (χ1v) is 7.54. The largest absolute Gasteiger partial charge is 0.103 e. The van der Waals surface area contributed by atoms with Crippen LogP contribution in [-0.2, 0) is 0 Å². The van der Waals surface area contributed by atoms with E-state index in [1.807, 2.05) is 6.08 Å². The fraction of sp³-hybridized carbons (Fsp3) is 0.556. The molecule has 0 aliphatic rings. The number of hydrogen-bond donors (Lipinski definition) is 0. The van der Waals surface area contributed by atoms with Crippen LogP contribution in [0.25, 0.3) is 0 Å². The van der Waals surface area contributed by atoms with E-state index < -0.39 is 0 Å². The van der Waals surface area contributed by atoms with Crippen molar-refractivity contribution in [2.75, 3.05) is 0 Å². The maximum atomic E-state index is 3.82. The van der Waals surface area contributed by atoms with Crippen molar-refractivity contribution in [1.82, 2.24) is 0 Å². The second-order valence-electron chi connectivity index (χ2n) is 5.18. The van der Waals surface area contributed by atoms with Crippen LogP contribution in [0.1, 0.15) is 69.8 Å². The highest BCUT2D eigenvalue weighted by Gasteiger charge is 2.10. The Morgan fingerprint density at radius 1 is 1.00 bits per heavy atom. The van der Waals surface area contributed by atoms with Crippen LogP contribution in [0.5, 0.6) is 0 Å². The molecule has 18 heavy (non-hydrogen) atoms. The number of benzene rings is 1. The molecule has 1 aromatic rings. The third-order valence-corrected chi connectivity index (χ3v) is 3.64. The molecule has 0 fully saturated rings. The van der Waals surface area contributed by atoms with Crippen LogP contribution in [0, 0.1) is 0 Å². The molecule has 0 amide bonds. The van der Waals surface area contributed by atoms with Crippen molar-refractivity contribution in [3.8, 4) is 0 Å². The van der Waals surface area contributed by atoms with Gasteiger partial charge in [0.05, 0.1) is 0 Å². The molecule has 0 aliphatic heterocycles. The zero-order chi connectivity index (χ0) is 13.1. The molecule has 1 aromatic carbocycles. The highest BCUT2D eigenvalue weighted by molar-refractivity contribution is 5.19. The molecule has 0 radical (unpaired) electrons. The van der Waals surface area contributed by atoms with Gasteiger partial charge in [0.25, 0.3) is 0 Å². The lowest BCUT2D eigenvalue weighted by Crippen LogP contribution is -1.99. The SMILES string of the molecule is C=CCCCC(CCCCCC)c1ccccc1. The summed E-state index contributed by atoms with van der Waals surface area (Å²) in [7, 11) is 0. The first-order valence-electron chi connectivity index (χ1n) is 7.54. The molecule has 100 valence electrons. The summed E-state index contributed by atoms with van der Waals surface area (Å²) in [5.74, 6) is 0.753. The Morgan fingerprint density at radius 3 is 2.39 bits per heavy atom. The summed E-state index contributed by atoms with van der Waals surface area (Å²) in [5, 5.41) is 0. The zero-order valence-electron chi connectivity index (χ0n) is 11.9. The van der Waals surface area contributed by atoms with Gasteiger partial charge in [0.1, 0.15) is 0 Å². The van der Waals surface area contributed by atoms with Gasteiger partial charge in [0.15, 0.2) is 0 Å². The summed E-state index contributed by atoms with van der Waals surface area (Å²) in [6.07, 6.45) is 12.6.